The average Bonchev–Trinajstić information content (AvgIpc) is 3.09. The van der Waals surface area contributed by atoms with Crippen molar-refractivity contribution in [1.29, 1.82) is 0 Å². The lowest BCUT2D eigenvalue weighted by Crippen LogP contribution is -2.51. The van der Waals surface area contributed by atoms with Crippen molar-refractivity contribution in [2.24, 2.45) is 5.41 Å². The lowest BCUT2D eigenvalue weighted by Gasteiger charge is -2.36. The number of nitrogens with one attached hydrogen (secondary N) is 1. The molecule has 3 rings (SSSR count). The number of carbonyl (C=O) groups is 2. The number of benzene rings is 2. The first-order chi connectivity index (χ1) is 13.2. The normalized spacial score (nSPS) is 19.5. The van der Waals surface area contributed by atoms with Crippen molar-refractivity contribution in [3.63, 3.8) is 0 Å². The fourth-order valence-electron chi connectivity index (χ4n) is 3.33. The summed E-state index contributed by atoms with van der Waals surface area (Å²) in [7, 11) is 0. The number of nitrogens with zero attached hydrogens (tertiary/aromatic N) is 1. The van der Waals surface area contributed by atoms with Gasteiger partial charge >= 0.3 is 0 Å². The molecule has 2 atom stereocenters. The van der Waals surface area contributed by atoms with Crippen LogP contribution in [0.15, 0.2) is 48.5 Å². The maximum Gasteiger partial charge on any atom is 0.255 e. The van der Waals surface area contributed by atoms with Gasteiger partial charge in [-0.2, -0.15) is 0 Å². The third-order valence-corrected chi connectivity index (χ3v) is 6.65. The van der Waals surface area contributed by atoms with Gasteiger partial charge in [0, 0.05) is 17.0 Å². The number of amides is 2. The minimum absolute atomic E-state index is 0.0601. The summed E-state index contributed by atoms with van der Waals surface area (Å²) in [5.41, 5.74) is 3.48. The van der Waals surface area contributed by atoms with Gasteiger partial charge in [-0.3, -0.25) is 9.59 Å². The Bertz CT molecular complexity index is 854. The van der Waals surface area contributed by atoms with Gasteiger partial charge in [0.15, 0.2) is 0 Å². The van der Waals surface area contributed by atoms with Crippen LogP contribution < -0.4 is 5.32 Å². The van der Waals surface area contributed by atoms with Crippen molar-refractivity contribution in [3.05, 3.63) is 65.2 Å². The predicted molar refractivity (Wildman–Crippen MR) is 117 cm³/mol. The van der Waals surface area contributed by atoms with Crippen LogP contribution in [0.4, 0.5) is 5.69 Å². The zero-order valence-corrected chi connectivity index (χ0v) is 18.0. The van der Waals surface area contributed by atoms with Gasteiger partial charge in [0.2, 0.25) is 5.91 Å². The van der Waals surface area contributed by atoms with E-state index in [0.717, 1.165) is 16.8 Å². The Morgan fingerprint density at radius 2 is 1.50 bits per heavy atom. The second kappa shape index (κ2) is 8.00. The van der Waals surface area contributed by atoms with Gasteiger partial charge in [-0.05, 0) is 43.5 Å². The molecule has 4 nitrogen and oxygen atoms in total. The van der Waals surface area contributed by atoms with Crippen LogP contribution >= 0.6 is 11.8 Å². The molecule has 0 aromatic heterocycles. The van der Waals surface area contributed by atoms with Crippen molar-refractivity contribution < 1.29 is 9.59 Å². The molecular formula is C23H28N2O2S. The second-order valence-corrected chi connectivity index (χ2v) is 9.61. The molecule has 1 N–H and O–H groups in total. The molecule has 1 fully saturated rings. The Morgan fingerprint density at radius 3 is 2.04 bits per heavy atom. The van der Waals surface area contributed by atoms with Crippen LogP contribution in [0.25, 0.3) is 0 Å². The molecule has 0 saturated carbocycles. The fraction of sp³-hybridized carbons (Fsp3) is 0.391. The molecule has 2 aromatic rings. The molecule has 2 aromatic carbocycles. The van der Waals surface area contributed by atoms with Crippen molar-refractivity contribution in [1.82, 2.24) is 4.90 Å². The topological polar surface area (TPSA) is 49.4 Å². The molecule has 1 aliphatic heterocycles. The molecule has 148 valence electrons. The first-order valence-electron chi connectivity index (χ1n) is 9.55. The lowest BCUT2D eigenvalue weighted by atomic mass is 9.94. The predicted octanol–water partition coefficient (Wildman–Crippen LogP) is 4.87. The number of carbonyl (C=O) groups excluding carboxylic acids is 2. The molecule has 0 aliphatic carbocycles. The zero-order chi connectivity index (χ0) is 20.5. The first-order valence-corrected chi connectivity index (χ1v) is 10.6. The van der Waals surface area contributed by atoms with Crippen LogP contribution in [0.5, 0.6) is 0 Å². The maximum atomic E-state index is 13.4. The molecule has 0 bridgehead atoms. The standard InChI is InChI=1S/C23H28N2O2S/c1-15-6-10-17(11-7-15)21(27)25-19(14-28-22(25)23(3,4)5)20(26)24-18-12-8-16(2)9-13-18/h6-13,19,22H,14H2,1-5H3,(H,24,26). The summed E-state index contributed by atoms with van der Waals surface area (Å²) < 4.78 is 0. The smallest absolute Gasteiger partial charge is 0.255 e. The van der Waals surface area contributed by atoms with E-state index < -0.39 is 6.04 Å². The molecule has 1 saturated heterocycles. The van der Waals surface area contributed by atoms with E-state index in [1.807, 2.05) is 62.4 Å². The first kappa shape index (κ1) is 20.5. The Kier molecular flexibility index (Phi) is 5.84. The Hall–Kier alpha value is -2.27. The molecule has 5 heteroatoms. The number of hydrogen-bond donors (Lipinski definition) is 1. The molecule has 1 heterocycles. The average molecular weight is 397 g/mol. The van der Waals surface area contributed by atoms with Gasteiger partial charge in [-0.25, -0.2) is 0 Å². The van der Waals surface area contributed by atoms with Crippen molar-refractivity contribution >= 4 is 29.3 Å². The van der Waals surface area contributed by atoms with E-state index in [4.69, 9.17) is 0 Å². The van der Waals surface area contributed by atoms with Gasteiger partial charge in [0.1, 0.15) is 6.04 Å². The van der Waals surface area contributed by atoms with Crippen LogP contribution in [0.2, 0.25) is 0 Å². The highest BCUT2D eigenvalue weighted by atomic mass is 32.2. The van der Waals surface area contributed by atoms with Crippen molar-refractivity contribution in [2.45, 2.75) is 46.0 Å². The van der Waals surface area contributed by atoms with Gasteiger partial charge in [-0.1, -0.05) is 56.2 Å². The summed E-state index contributed by atoms with van der Waals surface area (Å²) in [4.78, 5) is 28.2. The third-order valence-electron chi connectivity index (χ3n) is 4.90. The third kappa shape index (κ3) is 4.41. The Balaban J connectivity index is 1.88. The Morgan fingerprint density at radius 1 is 0.964 bits per heavy atom. The van der Waals surface area contributed by atoms with Crippen LogP contribution in [-0.2, 0) is 4.79 Å². The highest BCUT2D eigenvalue weighted by Gasteiger charge is 2.46. The Labute approximate surface area is 171 Å². The number of thioether (sulfide) groups is 1. The lowest BCUT2D eigenvalue weighted by molar-refractivity contribution is -0.120. The van der Waals surface area contributed by atoms with E-state index >= 15 is 0 Å². The number of aryl methyl sites for hydroxylation is 2. The summed E-state index contributed by atoms with van der Waals surface area (Å²) in [6, 6.07) is 14.8. The molecule has 2 unspecified atom stereocenters. The summed E-state index contributed by atoms with van der Waals surface area (Å²) in [5, 5.41) is 2.92. The highest BCUT2D eigenvalue weighted by Crippen LogP contribution is 2.41. The van der Waals surface area contributed by atoms with Crippen LogP contribution in [-0.4, -0.2) is 33.9 Å². The quantitative estimate of drug-likeness (QED) is 0.805. The SMILES string of the molecule is Cc1ccc(NC(=O)C2CSC(C(C)(C)C)N2C(=O)c2ccc(C)cc2)cc1. The van der Waals surface area contributed by atoms with E-state index in [2.05, 4.69) is 26.1 Å². The molecular weight excluding hydrogens is 368 g/mol. The highest BCUT2D eigenvalue weighted by molar-refractivity contribution is 8.00. The largest absolute Gasteiger partial charge is 0.324 e. The van der Waals surface area contributed by atoms with Crippen molar-refractivity contribution in [2.75, 3.05) is 11.1 Å². The zero-order valence-electron chi connectivity index (χ0n) is 17.2. The molecule has 1 aliphatic rings. The molecule has 0 spiro atoms. The van der Waals surface area contributed by atoms with Gasteiger partial charge in [0.05, 0.1) is 5.37 Å². The van der Waals surface area contributed by atoms with Gasteiger partial charge in [0.25, 0.3) is 5.91 Å². The minimum Gasteiger partial charge on any atom is -0.324 e. The monoisotopic (exact) mass is 396 g/mol. The van der Waals surface area contributed by atoms with Crippen LogP contribution in [0.1, 0.15) is 42.3 Å². The van der Waals surface area contributed by atoms with E-state index in [1.54, 1.807) is 16.7 Å². The van der Waals surface area contributed by atoms with Crippen LogP contribution in [0.3, 0.4) is 0 Å². The minimum atomic E-state index is -0.496. The number of anilines is 1. The van der Waals surface area contributed by atoms with E-state index in [9.17, 15) is 9.59 Å². The van der Waals surface area contributed by atoms with Gasteiger partial charge < -0.3 is 10.2 Å². The summed E-state index contributed by atoms with van der Waals surface area (Å²) in [6.07, 6.45) is 0. The van der Waals surface area contributed by atoms with Crippen LogP contribution in [0, 0.1) is 19.3 Å². The van der Waals surface area contributed by atoms with E-state index in [0.29, 0.717) is 11.3 Å². The molecule has 28 heavy (non-hydrogen) atoms. The summed E-state index contributed by atoms with van der Waals surface area (Å²) in [6.45, 7) is 10.3. The maximum absolute atomic E-state index is 13.4. The van der Waals surface area contributed by atoms with Gasteiger partial charge in [-0.15, -0.1) is 11.8 Å². The number of hydrogen-bond acceptors (Lipinski definition) is 3. The van der Waals surface area contributed by atoms with E-state index in [-0.39, 0.29) is 22.6 Å². The summed E-state index contributed by atoms with van der Waals surface area (Å²) >= 11 is 1.68. The molecule has 0 radical (unpaired) electrons. The molecule has 2 amide bonds. The second-order valence-electron chi connectivity index (χ2n) is 8.50. The summed E-state index contributed by atoms with van der Waals surface area (Å²) in [5.74, 6) is 0.370. The van der Waals surface area contributed by atoms with E-state index in [1.165, 1.54) is 0 Å². The van der Waals surface area contributed by atoms with Crippen molar-refractivity contribution in [3.8, 4) is 0 Å². The number of rotatable bonds is 3. The fourth-order valence-corrected chi connectivity index (χ4v) is 4.91.